The summed E-state index contributed by atoms with van der Waals surface area (Å²) < 4.78 is 18.8. The molecular weight excluding hydrogens is 265 g/mol. The fourth-order valence-electron chi connectivity index (χ4n) is 1.31. The van der Waals surface area contributed by atoms with E-state index in [0.29, 0.717) is 0 Å². The molecule has 5 heteroatoms. The van der Waals surface area contributed by atoms with E-state index < -0.39 is 5.82 Å². The summed E-state index contributed by atoms with van der Waals surface area (Å²) in [6.45, 7) is 1.74. The molecule has 3 nitrogen and oxygen atoms in total. The number of phenolic OH excluding ortho intramolecular Hbond substituents is 1. The fourth-order valence-corrected chi connectivity index (χ4v) is 1.75. The molecule has 0 amide bonds. The van der Waals surface area contributed by atoms with Gasteiger partial charge in [-0.05, 0) is 29.3 Å². The zero-order valence-corrected chi connectivity index (χ0v) is 10.1. The Hall–Kier alpha value is -0.810. The normalized spacial score (nSPS) is 12.6. The summed E-state index contributed by atoms with van der Waals surface area (Å²) in [5, 5.41) is 9.70. The van der Waals surface area contributed by atoms with Gasteiger partial charge in [0.1, 0.15) is 5.82 Å². The van der Waals surface area contributed by atoms with Gasteiger partial charge in [0, 0.05) is 17.7 Å². The van der Waals surface area contributed by atoms with Crippen LogP contribution in [0.5, 0.6) is 11.5 Å². The number of methoxy groups -OCH3 is 1. The molecule has 0 fully saturated rings. The monoisotopic (exact) mass is 277 g/mol. The third kappa shape index (κ3) is 2.60. The van der Waals surface area contributed by atoms with Crippen molar-refractivity contribution in [2.75, 3.05) is 7.11 Å². The molecule has 0 saturated heterocycles. The summed E-state index contributed by atoms with van der Waals surface area (Å²) in [5.74, 6) is -0.444. The standard InChI is InChI=1S/C10H13BrFNO2/c1-5(13)3-6-9(12)7(11)4-8(15-2)10(6)14/h4-5,14H,3,13H2,1-2H3. The highest BCUT2D eigenvalue weighted by atomic mass is 79.9. The van der Waals surface area contributed by atoms with Gasteiger partial charge in [0.15, 0.2) is 11.5 Å². The lowest BCUT2D eigenvalue weighted by Gasteiger charge is -2.13. The molecule has 0 radical (unpaired) electrons. The number of hydrogen-bond acceptors (Lipinski definition) is 3. The van der Waals surface area contributed by atoms with Gasteiger partial charge in [0.2, 0.25) is 0 Å². The van der Waals surface area contributed by atoms with Gasteiger partial charge in [-0.25, -0.2) is 4.39 Å². The minimum absolute atomic E-state index is 0.177. The number of benzene rings is 1. The number of aromatic hydroxyl groups is 1. The molecule has 0 aliphatic carbocycles. The third-order valence-corrected chi connectivity index (χ3v) is 2.57. The quantitative estimate of drug-likeness (QED) is 0.891. The maximum Gasteiger partial charge on any atom is 0.164 e. The second kappa shape index (κ2) is 4.81. The van der Waals surface area contributed by atoms with E-state index in [1.165, 1.54) is 13.2 Å². The van der Waals surface area contributed by atoms with E-state index in [0.717, 1.165) is 0 Å². The van der Waals surface area contributed by atoms with Gasteiger partial charge >= 0.3 is 0 Å². The maximum absolute atomic E-state index is 13.6. The summed E-state index contributed by atoms with van der Waals surface area (Å²) in [6, 6.07) is 1.15. The Morgan fingerprint density at radius 3 is 2.73 bits per heavy atom. The number of phenols is 1. The lowest BCUT2D eigenvalue weighted by molar-refractivity contribution is 0.365. The molecule has 0 bridgehead atoms. The number of ether oxygens (including phenoxy) is 1. The first-order valence-corrected chi connectivity index (χ1v) is 5.26. The van der Waals surface area contributed by atoms with E-state index in [-0.39, 0.29) is 34.0 Å². The number of hydrogen-bond donors (Lipinski definition) is 2. The van der Waals surface area contributed by atoms with Crippen molar-refractivity contribution in [3.05, 3.63) is 21.9 Å². The molecule has 15 heavy (non-hydrogen) atoms. The van der Waals surface area contributed by atoms with E-state index in [2.05, 4.69) is 15.9 Å². The van der Waals surface area contributed by atoms with Crippen molar-refractivity contribution < 1.29 is 14.2 Å². The highest BCUT2D eigenvalue weighted by Gasteiger charge is 2.18. The van der Waals surface area contributed by atoms with Gasteiger partial charge in [0.05, 0.1) is 11.6 Å². The summed E-state index contributed by atoms with van der Waals surface area (Å²) in [6.07, 6.45) is 0.257. The SMILES string of the molecule is COc1cc(Br)c(F)c(CC(C)N)c1O. The zero-order chi connectivity index (χ0) is 11.6. The van der Waals surface area contributed by atoms with Crippen LogP contribution >= 0.6 is 15.9 Å². The highest BCUT2D eigenvalue weighted by Crippen LogP contribution is 2.36. The van der Waals surface area contributed by atoms with E-state index in [4.69, 9.17) is 10.5 Å². The van der Waals surface area contributed by atoms with Gasteiger partial charge in [-0.3, -0.25) is 0 Å². The van der Waals surface area contributed by atoms with E-state index in [1.807, 2.05) is 0 Å². The molecule has 0 saturated carbocycles. The lowest BCUT2D eigenvalue weighted by atomic mass is 10.1. The Bertz CT molecular complexity index is 369. The van der Waals surface area contributed by atoms with Crippen LogP contribution < -0.4 is 10.5 Å². The molecular formula is C10H13BrFNO2. The predicted octanol–water partition coefficient (Wildman–Crippen LogP) is 2.19. The largest absolute Gasteiger partial charge is 0.504 e. The van der Waals surface area contributed by atoms with Crippen LogP contribution in [0.3, 0.4) is 0 Å². The molecule has 1 aromatic rings. The topological polar surface area (TPSA) is 55.5 Å². The minimum atomic E-state index is -0.495. The molecule has 0 aromatic heterocycles. The fraction of sp³-hybridized carbons (Fsp3) is 0.400. The molecule has 0 heterocycles. The lowest BCUT2D eigenvalue weighted by Crippen LogP contribution is -2.18. The molecule has 1 unspecified atom stereocenters. The Morgan fingerprint density at radius 1 is 1.67 bits per heavy atom. The first kappa shape index (κ1) is 12.3. The Labute approximate surface area is 96.2 Å². The highest BCUT2D eigenvalue weighted by molar-refractivity contribution is 9.10. The van der Waals surface area contributed by atoms with Crippen molar-refractivity contribution in [1.82, 2.24) is 0 Å². The van der Waals surface area contributed by atoms with Gasteiger partial charge in [-0.1, -0.05) is 0 Å². The van der Waals surface area contributed by atoms with Crippen LogP contribution in [-0.4, -0.2) is 18.3 Å². The second-order valence-electron chi connectivity index (χ2n) is 3.38. The average Bonchev–Trinajstić information content (AvgIpc) is 2.18. The van der Waals surface area contributed by atoms with Crippen LogP contribution in [0.4, 0.5) is 4.39 Å². The van der Waals surface area contributed by atoms with Crippen LogP contribution in [0.25, 0.3) is 0 Å². The van der Waals surface area contributed by atoms with Crippen molar-refractivity contribution in [3.8, 4) is 11.5 Å². The van der Waals surface area contributed by atoms with Gasteiger partial charge < -0.3 is 15.6 Å². The molecule has 0 aliphatic rings. The summed E-state index contributed by atoms with van der Waals surface area (Å²) in [4.78, 5) is 0. The second-order valence-corrected chi connectivity index (χ2v) is 4.24. The van der Waals surface area contributed by atoms with Crippen molar-refractivity contribution in [2.45, 2.75) is 19.4 Å². The van der Waals surface area contributed by atoms with Gasteiger partial charge in [-0.2, -0.15) is 0 Å². The molecule has 0 aliphatic heterocycles. The molecule has 3 N–H and O–H groups in total. The van der Waals surface area contributed by atoms with Crippen molar-refractivity contribution in [1.29, 1.82) is 0 Å². The van der Waals surface area contributed by atoms with Crippen molar-refractivity contribution >= 4 is 15.9 Å². The first-order valence-electron chi connectivity index (χ1n) is 4.46. The van der Waals surface area contributed by atoms with Gasteiger partial charge in [-0.15, -0.1) is 0 Å². The summed E-state index contributed by atoms with van der Waals surface area (Å²) >= 11 is 3.05. The van der Waals surface area contributed by atoms with Crippen LogP contribution in [0.1, 0.15) is 12.5 Å². The van der Waals surface area contributed by atoms with Gasteiger partial charge in [0.25, 0.3) is 0 Å². The van der Waals surface area contributed by atoms with Crippen LogP contribution in [0.15, 0.2) is 10.5 Å². The predicted molar refractivity (Wildman–Crippen MR) is 59.7 cm³/mol. The minimum Gasteiger partial charge on any atom is -0.504 e. The van der Waals surface area contributed by atoms with Crippen molar-refractivity contribution in [3.63, 3.8) is 0 Å². The smallest absolute Gasteiger partial charge is 0.164 e. The molecule has 84 valence electrons. The average molecular weight is 278 g/mol. The summed E-state index contributed by atoms with van der Waals surface area (Å²) in [7, 11) is 1.41. The van der Waals surface area contributed by atoms with Crippen LogP contribution in [-0.2, 0) is 6.42 Å². The summed E-state index contributed by atoms with van der Waals surface area (Å²) in [5.41, 5.74) is 5.75. The van der Waals surface area contributed by atoms with E-state index >= 15 is 0 Å². The first-order chi connectivity index (χ1) is 6.97. The third-order valence-electron chi connectivity index (χ3n) is 2.00. The Balaban J connectivity index is 3.27. The Morgan fingerprint density at radius 2 is 2.27 bits per heavy atom. The number of nitrogens with two attached hydrogens (primary N) is 1. The van der Waals surface area contributed by atoms with Crippen LogP contribution in [0.2, 0.25) is 0 Å². The molecule has 1 atom stereocenters. The van der Waals surface area contributed by atoms with E-state index in [9.17, 15) is 9.50 Å². The molecule has 1 aromatic carbocycles. The number of halogens is 2. The Kier molecular flexibility index (Phi) is 3.93. The molecule has 0 spiro atoms. The number of rotatable bonds is 3. The van der Waals surface area contributed by atoms with Crippen molar-refractivity contribution in [2.24, 2.45) is 5.73 Å². The van der Waals surface area contributed by atoms with Crippen LogP contribution in [0, 0.1) is 5.82 Å². The van der Waals surface area contributed by atoms with E-state index in [1.54, 1.807) is 6.92 Å². The zero-order valence-electron chi connectivity index (χ0n) is 8.55. The molecule has 1 rings (SSSR count). The maximum atomic E-state index is 13.6.